The number of hydrogen-bond donors (Lipinski definition) is 3. The second kappa shape index (κ2) is 9.21. The lowest BCUT2D eigenvalue weighted by Gasteiger charge is -2.26. The maximum atomic E-state index is 12.2. The smallest absolute Gasteiger partial charge is 0.246 e. The van der Waals surface area contributed by atoms with Gasteiger partial charge in [0.15, 0.2) is 5.76 Å². The van der Waals surface area contributed by atoms with Crippen molar-refractivity contribution >= 4 is 35.2 Å². The van der Waals surface area contributed by atoms with E-state index in [0.717, 1.165) is 45.8 Å². The van der Waals surface area contributed by atoms with Crippen molar-refractivity contribution in [1.29, 1.82) is 0 Å². The highest BCUT2D eigenvalue weighted by molar-refractivity contribution is 7.97. The van der Waals surface area contributed by atoms with E-state index in [4.69, 9.17) is 4.42 Å². The SMILES string of the molecule is CNC1(C(=O)NC=O)CCC(CNSc2cnc(-c3cc4ccccc4o3)cc2C)C1. The maximum Gasteiger partial charge on any atom is 0.246 e. The number of pyridine rings is 1. The number of para-hydroxylation sites is 1. The van der Waals surface area contributed by atoms with Crippen molar-refractivity contribution in [2.45, 2.75) is 36.6 Å². The van der Waals surface area contributed by atoms with Crippen LogP contribution in [0.4, 0.5) is 0 Å². The van der Waals surface area contributed by atoms with Crippen LogP contribution < -0.4 is 15.4 Å². The minimum absolute atomic E-state index is 0.249. The predicted octanol–water partition coefficient (Wildman–Crippen LogP) is 3.43. The number of benzene rings is 1. The minimum atomic E-state index is -0.663. The summed E-state index contributed by atoms with van der Waals surface area (Å²) in [7, 11) is 1.77. The highest BCUT2D eigenvalue weighted by atomic mass is 32.2. The van der Waals surface area contributed by atoms with E-state index in [-0.39, 0.29) is 5.91 Å². The Morgan fingerprint density at radius 1 is 1.35 bits per heavy atom. The lowest BCUT2D eigenvalue weighted by Crippen LogP contribution is -2.53. The molecule has 0 radical (unpaired) electrons. The van der Waals surface area contributed by atoms with Crippen molar-refractivity contribution in [1.82, 2.24) is 20.3 Å². The molecule has 2 unspecified atom stereocenters. The van der Waals surface area contributed by atoms with Gasteiger partial charge in [0.25, 0.3) is 0 Å². The summed E-state index contributed by atoms with van der Waals surface area (Å²) in [6, 6.07) is 12.0. The van der Waals surface area contributed by atoms with Gasteiger partial charge >= 0.3 is 0 Å². The molecule has 4 rings (SSSR count). The average Bonchev–Trinajstić information content (AvgIpc) is 3.40. The number of nitrogens with one attached hydrogen (secondary N) is 3. The Bertz CT molecular complexity index is 1070. The molecule has 3 aromatic rings. The van der Waals surface area contributed by atoms with Crippen molar-refractivity contribution in [2.75, 3.05) is 13.6 Å². The molecule has 2 aromatic heterocycles. The number of fused-ring (bicyclic) bond motifs is 1. The van der Waals surface area contributed by atoms with E-state index in [0.29, 0.717) is 25.2 Å². The maximum absolute atomic E-state index is 12.2. The van der Waals surface area contributed by atoms with Crippen molar-refractivity contribution in [2.24, 2.45) is 5.92 Å². The molecular formula is C23H26N4O3S. The largest absolute Gasteiger partial charge is 0.454 e. The van der Waals surface area contributed by atoms with Crippen LogP contribution in [-0.4, -0.2) is 36.4 Å². The zero-order valence-electron chi connectivity index (χ0n) is 17.6. The van der Waals surface area contributed by atoms with Gasteiger partial charge in [-0.3, -0.25) is 24.6 Å². The van der Waals surface area contributed by atoms with Crippen LogP contribution in [0.5, 0.6) is 0 Å². The van der Waals surface area contributed by atoms with Gasteiger partial charge in [-0.2, -0.15) is 0 Å². The second-order valence-electron chi connectivity index (χ2n) is 7.97. The first-order valence-electron chi connectivity index (χ1n) is 10.3. The monoisotopic (exact) mass is 438 g/mol. The van der Waals surface area contributed by atoms with Crippen LogP contribution in [0.1, 0.15) is 24.8 Å². The van der Waals surface area contributed by atoms with Crippen molar-refractivity contribution in [3.8, 4) is 11.5 Å². The number of hydrogen-bond acceptors (Lipinski definition) is 7. The van der Waals surface area contributed by atoms with Crippen LogP contribution in [0.3, 0.4) is 0 Å². The van der Waals surface area contributed by atoms with E-state index in [1.807, 2.05) is 42.6 Å². The minimum Gasteiger partial charge on any atom is -0.454 e. The number of furan rings is 1. The fraction of sp³-hybridized carbons (Fsp3) is 0.348. The number of aryl methyl sites for hydroxylation is 1. The van der Waals surface area contributed by atoms with Gasteiger partial charge in [0.2, 0.25) is 12.3 Å². The van der Waals surface area contributed by atoms with Crippen LogP contribution in [0.15, 0.2) is 51.9 Å². The molecule has 2 heterocycles. The number of imide groups is 1. The predicted molar refractivity (Wildman–Crippen MR) is 121 cm³/mol. The molecule has 1 aromatic carbocycles. The van der Waals surface area contributed by atoms with E-state index in [1.54, 1.807) is 19.0 Å². The topological polar surface area (TPSA) is 96.3 Å². The third-order valence-corrected chi connectivity index (χ3v) is 6.97. The number of likely N-dealkylation sites (N-methyl/N-ethyl adjacent to an activating group) is 1. The van der Waals surface area contributed by atoms with E-state index in [9.17, 15) is 9.59 Å². The first-order chi connectivity index (χ1) is 15.0. The molecule has 2 amide bonds. The summed E-state index contributed by atoms with van der Waals surface area (Å²) >= 11 is 1.55. The molecule has 0 spiro atoms. The molecule has 1 fully saturated rings. The summed E-state index contributed by atoms with van der Waals surface area (Å²) in [5.41, 5.74) is 2.12. The Morgan fingerprint density at radius 3 is 2.94 bits per heavy atom. The van der Waals surface area contributed by atoms with Gasteiger partial charge < -0.3 is 9.73 Å². The number of nitrogens with zero attached hydrogens (tertiary/aromatic N) is 1. The van der Waals surface area contributed by atoms with Gasteiger partial charge in [-0.05, 0) is 74.9 Å². The first-order valence-corrected chi connectivity index (χ1v) is 11.1. The van der Waals surface area contributed by atoms with Crippen LogP contribution in [0.25, 0.3) is 22.4 Å². The Morgan fingerprint density at radius 2 is 2.19 bits per heavy atom. The van der Waals surface area contributed by atoms with Gasteiger partial charge in [-0.1, -0.05) is 18.2 Å². The van der Waals surface area contributed by atoms with E-state index in [2.05, 4.69) is 27.3 Å². The van der Waals surface area contributed by atoms with Gasteiger partial charge in [-0.15, -0.1) is 0 Å². The van der Waals surface area contributed by atoms with Gasteiger partial charge in [-0.25, -0.2) is 0 Å². The molecule has 0 saturated heterocycles. The third kappa shape index (κ3) is 4.51. The average molecular weight is 439 g/mol. The molecule has 0 bridgehead atoms. The van der Waals surface area contributed by atoms with Crippen molar-refractivity contribution in [3.63, 3.8) is 0 Å². The molecule has 3 N–H and O–H groups in total. The van der Waals surface area contributed by atoms with E-state index in [1.165, 1.54) is 0 Å². The standard InChI is InChI=1S/C23H26N4O3S/c1-15-9-18(20-10-17-5-3-4-6-19(17)30-20)25-13-21(15)31-27-12-16-7-8-23(11-16,24-2)22(29)26-14-28/h3-6,9-10,13-14,16,24,27H,7-8,11-12H2,1-2H3,(H,26,28,29). The second-order valence-corrected chi connectivity index (χ2v) is 8.90. The third-order valence-electron chi connectivity index (χ3n) is 6.01. The highest BCUT2D eigenvalue weighted by Gasteiger charge is 2.43. The summed E-state index contributed by atoms with van der Waals surface area (Å²) in [6.07, 6.45) is 4.64. The van der Waals surface area contributed by atoms with Crippen LogP contribution in [-0.2, 0) is 9.59 Å². The first kappa shape index (κ1) is 21.5. The summed E-state index contributed by atoms with van der Waals surface area (Å²) in [5, 5.41) is 6.47. The van der Waals surface area contributed by atoms with Gasteiger partial charge in [0.05, 0.1) is 5.54 Å². The zero-order valence-corrected chi connectivity index (χ0v) is 18.4. The molecule has 1 saturated carbocycles. The van der Waals surface area contributed by atoms with Crippen LogP contribution in [0, 0.1) is 12.8 Å². The summed E-state index contributed by atoms with van der Waals surface area (Å²) in [6.45, 7) is 2.83. The highest BCUT2D eigenvalue weighted by Crippen LogP contribution is 2.35. The molecule has 1 aliphatic rings. The Hall–Kier alpha value is -2.68. The normalized spacial score (nSPS) is 20.8. The molecule has 7 nitrogen and oxygen atoms in total. The number of amides is 2. The lowest BCUT2D eigenvalue weighted by molar-refractivity contribution is -0.130. The molecule has 0 aliphatic heterocycles. The number of aromatic nitrogens is 1. The Balaban J connectivity index is 1.35. The number of rotatable bonds is 8. The quantitative estimate of drug-likeness (QED) is 0.366. The Kier molecular flexibility index (Phi) is 6.41. The molecule has 162 valence electrons. The molecule has 1 aliphatic carbocycles. The van der Waals surface area contributed by atoms with Crippen molar-refractivity contribution < 1.29 is 14.0 Å². The fourth-order valence-electron chi connectivity index (χ4n) is 4.19. The van der Waals surface area contributed by atoms with E-state index >= 15 is 0 Å². The summed E-state index contributed by atoms with van der Waals surface area (Å²) in [5.74, 6) is 0.860. The summed E-state index contributed by atoms with van der Waals surface area (Å²) < 4.78 is 9.34. The summed E-state index contributed by atoms with van der Waals surface area (Å²) in [4.78, 5) is 28.5. The van der Waals surface area contributed by atoms with Crippen LogP contribution >= 0.6 is 11.9 Å². The number of carbonyl (C=O) groups is 2. The molecular weight excluding hydrogens is 412 g/mol. The lowest BCUT2D eigenvalue weighted by atomic mass is 9.95. The molecule has 31 heavy (non-hydrogen) atoms. The van der Waals surface area contributed by atoms with Gasteiger partial charge in [0.1, 0.15) is 11.3 Å². The fourth-order valence-corrected chi connectivity index (χ4v) is 4.99. The van der Waals surface area contributed by atoms with Gasteiger partial charge in [0, 0.05) is 23.0 Å². The van der Waals surface area contributed by atoms with Crippen molar-refractivity contribution in [3.05, 3.63) is 48.2 Å². The molecule has 8 heteroatoms. The van der Waals surface area contributed by atoms with Crippen LogP contribution in [0.2, 0.25) is 0 Å². The molecule has 2 atom stereocenters. The zero-order chi connectivity index (χ0) is 21.8. The number of carbonyl (C=O) groups excluding carboxylic acids is 2. The Labute approximate surface area is 185 Å². The van der Waals surface area contributed by atoms with E-state index < -0.39 is 5.54 Å².